The molecule has 3 N–H and O–H groups in total. The number of hydrogen-bond donors (Lipinski definition) is 2. The average molecular weight is 268 g/mol. The highest BCUT2D eigenvalue weighted by Gasteiger charge is 2.18. The van der Waals surface area contributed by atoms with Gasteiger partial charge in [0.25, 0.3) is 0 Å². The zero-order chi connectivity index (χ0) is 13.5. The summed E-state index contributed by atoms with van der Waals surface area (Å²) >= 11 is 4.81. The number of thiocarbonyl (C=S) groups is 1. The van der Waals surface area contributed by atoms with E-state index in [1.165, 1.54) is 6.07 Å². The van der Waals surface area contributed by atoms with Crippen LogP contribution in [0.25, 0.3) is 0 Å². The Morgan fingerprint density at radius 1 is 1.50 bits per heavy atom. The molecule has 1 amide bonds. The highest BCUT2D eigenvalue weighted by atomic mass is 32.1. The predicted molar refractivity (Wildman–Crippen MR) is 73.7 cm³/mol. The summed E-state index contributed by atoms with van der Waals surface area (Å²) in [5.74, 6) is -0.893. The summed E-state index contributed by atoms with van der Waals surface area (Å²) in [6.07, 6.45) is 1.02. The van der Waals surface area contributed by atoms with Gasteiger partial charge in [0.05, 0.1) is 10.9 Å². The molecule has 0 aliphatic rings. The number of nitrogens with two attached hydrogens (primary N) is 1. The summed E-state index contributed by atoms with van der Waals surface area (Å²) in [5, 5.41) is 2.72. The first-order valence-corrected chi connectivity index (χ1v) is 6.27. The molecule has 0 saturated heterocycles. The molecule has 0 aromatic heterocycles. The van der Waals surface area contributed by atoms with Gasteiger partial charge < -0.3 is 11.1 Å². The van der Waals surface area contributed by atoms with Crippen LogP contribution in [0.2, 0.25) is 0 Å². The van der Waals surface area contributed by atoms with Crippen molar-refractivity contribution in [1.29, 1.82) is 0 Å². The highest BCUT2D eigenvalue weighted by Crippen LogP contribution is 2.07. The van der Waals surface area contributed by atoms with Crippen LogP contribution in [0.15, 0.2) is 24.3 Å². The maximum atomic E-state index is 13.3. The number of benzene rings is 1. The van der Waals surface area contributed by atoms with Crippen LogP contribution < -0.4 is 11.1 Å². The largest absolute Gasteiger partial charge is 0.393 e. The quantitative estimate of drug-likeness (QED) is 0.774. The summed E-state index contributed by atoms with van der Waals surface area (Å²) in [4.78, 5) is 11.9. The van der Waals surface area contributed by atoms with Gasteiger partial charge in [0.1, 0.15) is 5.82 Å². The fourth-order valence-electron chi connectivity index (χ4n) is 1.66. The first-order chi connectivity index (χ1) is 8.56. The lowest BCUT2D eigenvalue weighted by Crippen LogP contribution is -2.38. The first-order valence-electron chi connectivity index (χ1n) is 5.86. The van der Waals surface area contributed by atoms with Crippen molar-refractivity contribution in [2.45, 2.75) is 19.8 Å². The van der Waals surface area contributed by atoms with Crippen molar-refractivity contribution in [2.75, 3.05) is 6.54 Å². The molecule has 98 valence electrons. The lowest BCUT2D eigenvalue weighted by molar-refractivity contribution is -0.123. The smallest absolute Gasteiger partial charge is 0.229 e. The van der Waals surface area contributed by atoms with Gasteiger partial charge in [-0.15, -0.1) is 0 Å². The molecule has 0 spiro atoms. The maximum Gasteiger partial charge on any atom is 0.229 e. The number of hydrogen-bond acceptors (Lipinski definition) is 2. The van der Waals surface area contributed by atoms with Crippen LogP contribution in [-0.4, -0.2) is 17.4 Å². The van der Waals surface area contributed by atoms with Crippen LogP contribution in [0.4, 0.5) is 4.39 Å². The number of rotatable bonds is 6. The first kappa shape index (κ1) is 14.6. The molecule has 18 heavy (non-hydrogen) atoms. The maximum absolute atomic E-state index is 13.3. The molecule has 0 heterocycles. The third kappa shape index (κ3) is 4.07. The van der Waals surface area contributed by atoms with Crippen molar-refractivity contribution in [3.8, 4) is 0 Å². The molecule has 0 fully saturated rings. The van der Waals surface area contributed by atoms with Crippen molar-refractivity contribution in [2.24, 2.45) is 11.7 Å². The Balaban J connectivity index is 2.45. The van der Waals surface area contributed by atoms with E-state index in [0.29, 0.717) is 24.9 Å². The molecule has 0 radical (unpaired) electrons. The second-order valence-electron chi connectivity index (χ2n) is 4.00. The van der Waals surface area contributed by atoms with Gasteiger partial charge >= 0.3 is 0 Å². The van der Waals surface area contributed by atoms with E-state index in [4.69, 9.17) is 18.0 Å². The summed E-state index contributed by atoms with van der Waals surface area (Å²) in [5.41, 5.74) is 6.05. The summed E-state index contributed by atoms with van der Waals surface area (Å²) < 4.78 is 13.3. The minimum absolute atomic E-state index is 0.193. The zero-order valence-electron chi connectivity index (χ0n) is 10.3. The molecule has 1 unspecified atom stereocenters. The topological polar surface area (TPSA) is 55.1 Å². The Labute approximate surface area is 112 Å². The molecule has 1 rings (SSSR count). The number of carbonyl (C=O) groups excluding carboxylic acids is 1. The summed E-state index contributed by atoms with van der Waals surface area (Å²) in [6.45, 7) is 2.22. The Bertz CT molecular complexity index is 437. The van der Waals surface area contributed by atoms with Gasteiger partial charge in [-0.1, -0.05) is 37.3 Å². The van der Waals surface area contributed by atoms with Crippen LogP contribution in [0, 0.1) is 11.7 Å². The predicted octanol–water partition coefficient (Wildman–Crippen LogP) is 1.80. The molecular weight excluding hydrogens is 251 g/mol. The van der Waals surface area contributed by atoms with Crippen molar-refractivity contribution in [3.63, 3.8) is 0 Å². The van der Waals surface area contributed by atoms with Crippen LogP contribution in [-0.2, 0) is 11.2 Å². The molecule has 1 aromatic carbocycles. The van der Waals surface area contributed by atoms with E-state index >= 15 is 0 Å². The third-order valence-corrected chi connectivity index (χ3v) is 3.00. The van der Waals surface area contributed by atoms with Crippen LogP contribution in [0.5, 0.6) is 0 Å². The van der Waals surface area contributed by atoms with Gasteiger partial charge in [0, 0.05) is 6.54 Å². The van der Waals surface area contributed by atoms with Crippen molar-refractivity contribution < 1.29 is 9.18 Å². The van der Waals surface area contributed by atoms with Gasteiger partial charge in [-0.05, 0) is 24.5 Å². The number of amides is 1. The minimum Gasteiger partial charge on any atom is -0.393 e. The summed E-state index contributed by atoms with van der Waals surface area (Å²) in [7, 11) is 0. The minimum atomic E-state index is -0.444. The van der Waals surface area contributed by atoms with E-state index in [0.717, 1.165) is 0 Å². The van der Waals surface area contributed by atoms with E-state index in [1.807, 2.05) is 6.92 Å². The van der Waals surface area contributed by atoms with Gasteiger partial charge in [-0.3, -0.25) is 4.79 Å². The second-order valence-corrected chi connectivity index (χ2v) is 4.47. The Hall–Kier alpha value is -1.49. The number of nitrogens with one attached hydrogen (secondary N) is 1. The molecular formula is C13H17FN2OS. The second kappa shape index (κ2) is 7.06. The van der Waals surface area contributed by atoms with Crippen LogP contribution in [0.1, 0.15) is 18.9 Å². The molecule has 0 saturated carbocycles. The van der Waals surface area contributed by atoms with Gasteiger partial charge in [-0.25, -0.2) is 4.39 Å². The Morgan fingerprint density at radius 2 is 2.17 bits per heavy atom. The fraction of sp³-hybridized carbons (Fsp3) is 0.385. The third-order valence-electron chi connectivity index (χ3n) is 2.72. The standard InChI is InChI=1S/C13H17FN2OS/c1-2-10(12(15)18)13(17)16-8-7-9-5-3-4-6-11(9)14/h3-6,10H,2,7-8H2,1H3,(H2,15,18)(H,16,17). The van der Waals surface area contributed by atoms with Crippen molar-refractivity contribution in [3.05, 3.63) is 35.6 Å². The molecule has 1 atom stereocenters. The van der Waals surface area contributed by atoms with Gasteiger partial charge in [0.15, 0.2) is 0 Å². The average Bonchev–Trinajstić information content (AvgIpc) is 2.32. The van der Waals surface area contributed by atoms with E-state index in [-0.39, 0.29) is 16.7 Å². The summed E-state index contributed by atoms with van der Waals surface area (Å²) in [6, 6.07) is 6.51. The Morgan fingerprint density at radius 3 is 2.72 bits per heavy atom. The lowest BCUT2D eigenvalue weighted by Gasteiger charge is -2.13. The van der Waals surface area contributed by atoms with Crippen LogP contribution >= 0.6 is 12.2 Å². The van der Waals surface area contributed by atoms with E-state index in [2.05, 4.69) is 5.32 Å². The van der Waals surface area contributed by atoms with Crippen molar-refractivity contribution in [1.82, 2.24) is 5.32 Å². The molecule has 0 aliphatic heterocycles. The molecule has 0 bridgehead atoms. The molecule has 3 nitrogen and oxygen atoms in total. The SMILES string of the molecule is CCC(C(=O)NCCc1ccccc1F)C(N)=S. The zero-order valence-corrected chi connectivity index (χ0v) is 11.1. The van der Waals surface area contributed by atoms with E-state index < -0.39 is 5.92 Å². The normalized spacial score (nSPS) is 11.9. The fourth-order valence-corrected chi connectivity index (χ4v) is 1.93. The molecule has 5 heteroatoms. The van der Waals surface area contributed by atoms with Gasteiger partial charge in [0.2, 0.25) is 5.91 Å². The van der Waals surface area contributed by atoms with Crippen molar-refractivity contribution >= 4 is 23.1 Å². The molecule has 0 aliphatic carbocycles. The van der Waals surface area contributed by atoms with E-state index in [1.54, 1.807) is 18.2 Å². The number of carbonyl (C=O) groups is 1. The lowest BCUT2D eigenvalue weighted by atomic mass is 10.1. The monoisotopic (exact) mass is 268 g/mol. The van der Waals surface area contributed by atoms with Crippen LogP contribution in [0.3, 0.4) is 0 Å². The Kier molecular flexibility index (Phi) is 5.71. The molecule has 1 aromatic rings. The number of halogens is 1. The van der Waals surface area contributed by atoms with Gasteiger partial charge in [-0.2, -0.15) is 0 Å². The highest BCUT2D eigenvalue weighted by molar-refractivity contribution is 7.80. The van der Waals surface area contributed by atoms with E-state index in [9.17, 15) is 9.18 Å².